The number of ether oxygens (including phenoxy) is 1. The molecule has 112 valence electrons. The van der Waals surface area contributed by atoms with Crippen molar-refractivity contribution in [2.45, 2.75) is 58.1 Å². The molecule has 7 heteroatoms. The predicted molar refractivity (Wildman–Crippen MR) is 71.1 cm³/mol. The lowest BCUT2D eigenvalue weighted by Crippen LogP contribution is -2.21. The second-order valence-corrected chi connectivity index (χ2v) is 5.51. The number of hydrogen-bond donors (Lipinski definition) is 1. The van der Waals surface area contributed by atoms with E-state index < -0.39 is 5.97 Å². The van der Waals surface area contributed by atoms with E-state index in [-0.39, 0.29) is 12.3 Å². The first-order chi connectivity index (χ1) is 9.65. The van der Waals surface area contributed by atoms with Gasteiger partial charge in [-0.05, 0) is 42.0 Å². The molecule has 2 rings (SSSR count). The van der Waals surface area contributed by atoms with Gasteiger partial charge in [-0.15, -0.1) is 5.10 Å². The topological polar surface area (TPSA) is 90.1 Å². The van der Waals surface area contributed by atoms with Crippen LogP contribution in [-0.2, 0) is 22.5 Å². The van der Waals surface area contributed by atoms with Gasteiger partial charge in [0.05, 0.1) is 6.10 Å². The van der Waals surface area contributed by atoms with Crippen molar-refractivity contribution in [3.63, 3.8) is 0 Å². The Morgan fingerprint density at radius 3 is 3.10 bits per heavy atom. The standard InChI is InChI=1S/C13H22N4O3/c1-10(8-13(18)19)9-17-12(14-15-16-17)6-5-11-4-2-3-7-20-11/h10-11H,2-9H2,1H3,(H,18,19). The van der Waals surface area contributed by atoms with Crippen LogP contribution in [0.5, 0.6) is 0 Å². The maximum atomic E-state index is 10.7. The average Bonchev–Trinajstić information content (AvgIpc) is 2.84. The summed E-state index contributed by atoms with van der Waals surface area (Å²) >= 11 is 0. The largest absolute Gasteiger partial charge is 0.481 e. The lowest BCUT2D eigenvalue weighted by molar-refractivity contribution is -0.138. The molecule has 0 spiro atoms. The molecule has 1 aliphatic heterocycles. The molecule has 1 aliphatic rings. The molecular weight excluding hydrogens is 260 g/mol. The zero-order valence-electron chi connectivity index (χ0n) is 11.9. The molecule has 2 heterocycles. The number of carbonyl (C=O) groups is 1. The molecule has 1 fully saturated rings. The van der Waals surface area contributed by atoms with Crippen LogP contribution in [0.4, 0.5) is 0 Å². The minimum absolute atomic E-state index is 0.0145. The molecule has 0 radical (unpaired) electrons. The zero-order valence-corrected chi connectivity index (χ0v) is 11.9. The van der Waals surface area contributed by atoms with Gasteiger partial charge in [0.2, 0.25) is 0 Å². The van der Waals surface area contributed by atoms with E-state index >= 15 is 0 Å². The smallest absolute Gasteiger partial charge is 0.303 e. The second-order valence-electron chi connectivity index (χ2n) is 5.51. The normalized spacial score (nSPS) is 20.8. The van der Waals surface area contributed by atoms with Crippen molar-refractivity contribution in [3.05, 3.63) is 5.82 Å². The van der Waals surface area contributed by atoms with Gasteiger partial charge in [0.15, 0.2) is 5.82 Å². The van der Waals surface area contributed by atoms with E-state index in [9.17, 15) is 4.79 Å². The quantitative estimate of drug-likeness (QED) is 0.810. The number of aromatic nitrogens is 4. The van der Waals surface area contributed by atoms with Crippen molar-refractivity contribution in [1.82, 2.24) is 20.2 Å². The Bertz CT molecular complexity index is 429. The Labute approximate surface area is 118 Å². The van der Waals surface area contributed by atoms with Crippen LogP contribution in [-0.4, -0.2) is 44.0 Å². The SMILES string of the molecule is CC(CC(=O)O)Cn1nnnc1CCC1CCCCO1. The maximum absolute atomic E-state index is 10.7. The monoisotopic (exact) mass is 282 g/mol. The van der Waals surface area contributed by atoms with E-state index in [2.05, 4.69) is 15.5 Å². The van der Waals surface area contributed by atoms with Crippen LogP contribution in [0.25, 0.3) is 0 Å². The fourth-order valence-corrected chi connectivity index (χ4v) is 2.53. The number of nitrogens with zero attached hydrogens (tertiary/aromatic N) is 4. The van der Waals surface area contributed by atoms with Gasteiger partial charge < -0.3 is 9.84 Å². The molecule has 0 aliphatic carbocycles. The summed E-state index contributed by atoms with van der Waals surface area (Å²) in [6.07, 6.45) is 5.63. The predicted octanol–water partition coefficient (Wildman–Crippen LogP) is 1.29. The van der Waals surface area contributed by atoms with Gasteiger partial charge in [-0.2, -0.15) is 0 Å². The highest BCUT2D eigenvalue weighted by Gasteiger charge is 2.17. The van der Waals surface area contributed by atoms with Crippen LogP contribution in [0.15, 0.2) is 0 Å². The molecule has 20 heavy (non-hydrogen) atoms. The molecular formula is C13H22N4O3. The number of rotatable bonds is 7. The van der Waals surface area contributed by atoms with Crippen molar-refractivity contribution in [2.24, 2.45) is 5.92 Å². The Morgan fingerprint density at radius 1 is 1.55 bits per heavy atom. The summed E-state index contributed by atoms with van der Waals surface area (Å²) in [7, 11) is 0. The molecule has 0 saturated carbocycles. The molecule has 0 aromatic carbocycles. The average molecular weight is 282 g/mol. The summed E-state index contributed by atoms with van der Waals surface area (Å²) < 4.78 is 7.41. The van der Waals surface area contributed by atoms with Crippen molar-refractivity contribution in [2.75, 3.05) is 6.61 Å². The van der Waals surface area contributed by atoms with Crippen molar-refractivity contribution >= 4 is 5.97 Å². The third kappa shape index (κ3) is 4.56. The molecule has 0 amide bonds. The minimum Gasteiger partial charge on any atom is -0.481 e. The van der Waals surface area contributed by atoms with Crippen LogP contribution in [0, 0.1) is 5.92 Å². The molecule has 0 bridgehead atoms. The molecule has 1 aromatic heterocycles. The summed E-state index contributed by atoms with van der Waals surface area (Å²) in [6.45, 7) is 3.29. The maximum Gasteiger partial charge on any atom is 0.303 e. The van der Waals surface area contributed by atoms with Gasteiger partial charge in [0.25, 0.3) is 0 Å². The van der Waals surface area contributed by atoms with Crippen LogP contribution in [0.3, 0.4) is 0 Å². The van der Waals surface area contributed by atoms with Gasteiger partial charge in [0, 0.05) is 26.0 Å². The third-order valence-electron chi connectivity index (χ3n) is 3.58. The Hall–Kier alpha value is -1.50. The summed E-state index contributed by atoms with van der Waals surface area (Å²) in [5.74, 6) is 0.0415. The zero-order chi connectivity index (χ0) is 14.4. The molecule has 2 atom stereocenters. The minimum atomic E-state index is -0.789. The van der Waals surface area contributed by atoms with E-state index in [1.807, 2.05) is 6.92 Å². The van der Waals surface area contributed by atoms with Crippen LogP contribution < -0.4 is 0 Å². The van der Waals surface area contributed by atoms with E-state index in [1.54, 1.807) is 4.68 Å². The molecule has 1 aromatic rings. The van der Waals surface area contributed by atoms with Crippen LogP contribution in [0.1, 0.15) is 44.9 Å². The highest BCUT2D eigenvalue weighted by molar-refractivity contribution is 5.66. The fourth-order valence-electron chi connectivity index (χ4n) is 2.53. The lowest BCUT2D eigenvalue weighted by atomic mass is 10.0. The van der Waals surface area contributed by atoms with Crippen LogP contribution >= 0.6 is 0 Å². The van der Waals surface area contributed by atoms with Gasteiger partial charge in [0.1, 0.15) is 0 Å². The van der Waals surface area contributed by atoms with Crippen molar-refractivity contribution in [1.29, 1.82) is 0 Å². The second kappa shape index (κ2) is 7.33. The van der Waals surface area contributed by atoms with Gasteiger partial charge in [-0.25, -0.2) is 4.68 Å². The third-order valence-corrected chi connectivity index (χ3v) is 3.58. The number of aryl methyl sites for hydroxylation is 1. The Morgan fingerprint density at radius 2 is 2.40 bits per heavy atom. The number of carboxylic acid groups (broad SMARTS) is 1. The van der Waals surface area contributed by atoms with Crippen LogP contribution in [0.2, 0.25) is 0 Å². The lowest BCUT2D eigenvalue weighted by Gasteiger charge is -2.22. The van der Waals surface area contributed by atoms with E-state index in [0.29, 0.717) is 12.6 Å². The first kappa shape index (κ1) is 14.9. The number of tetrazole rings is 1. The summed E-state index contributed by atoms with van der Waals surface area (Å²) in [6, 6.07) is 0. The van der Waals surface area contributed by atoms with Crippen molar-refractivity contribution in [3.8, 4) is 0 Å². The van der Waals surface area contributed by atoms with E-state index in [1.165, 1.54) is 6.42 Å². The van der Waals surface area contributed by atoms with Gasteiger partial charge >= 0.3 is 5.97 Å². The number of carboxylic acids is 1. The molecule has 7 nitrogen and oxygen atoms in total. The fraction of sp³-hybridized carbons (Fsp3) is 0.846. The highest BCUT2D eigenvalue weighted by atomic mass is 16.5. The van der Waals surface area contributed by atoms with E-state index in [4.69, 9.17) is 9.84 Å². The molecule has 2 unspecified atom stereocenters. The first-order valence-corrected chi connectivity index (χ1v) is 7.23. The molecule has 1 saturated heterocycles. The number of hydrogen-bond acceptors (Lipinski definition) is 5. The summed E-state index contributed by atoms with van der Waals surface area (Å²) in [5.41, 5.74) is 0. The van der Waals surface area contributed by atoms with Crippen molar-refractivity contribution < 1.29 is 14.6 Å². The first-order valence-electron chi connectivity index (χ1n) is 7.23. The highest BCUT2D eigenvalue weighted by Crippen LogP contribution is 2.17. The summed E-state index contributed by atoms with van der Waals surface area (Å²) in [4.78, 5) is 10.7. The van der Waals surface area contributed by atoms with Gasteiger partial charge in [-0.1, -0.05) is 6.92 Å². The molecule has 1 N–H and O–H groups in total. The van der Waals surface area contributed by atoms with E-state index in [0.717, 1.165) is 38.1 Å². The number of aliphatic carboxylic acids is 1. The Balaban J connectivity index is 1.82. The Kier molecular flexibility index (Phi) is 5.46. The summed E-state index contributed by atoms with van der Waals surface area (Å²) in [5, 5.41) is 20.5. The van der Waals surface area contributed by atoms with Gasteiger partial charge in [-0.3, -0.25) is 4.79 Å².